The molecule has 53 heavy (non-hydrogen) atoms. The molecule has 0 bridgehead atoms. The van der Waals surface area contributed by atoms with Gasteiger partial charge in [-0.1, -0.05) is 204 Å². The van der Waals surface area contributed by atoms with E-state index in [0.717, 1.165) is 0 Å². The summed E-state index contributed by atoms with van der Waals surface area (Å²) < 4.78 is 0. The summed E-state index contributed by atoms with van der Waals surface area (Å²) in [4.78, 5) is 2.59. The molecule has 0 atom stereocenters. The summed E-state index contributed by atoms with van der Waals surface area (Å²) in [6.07, 6.45) is 0. The van der Waals surface area contributed by atoms with Gasteiger partial charge in [-0.25, -0.2) is 0 Å². The summed E-state index contributed by atoms with van der Waals surface area (Å²) in [6, 6.07) is 62.0. The van der Waals surface area contributed by atoms with Crippen molar-refractivity contribution in [2.75, 3.05) is 4.90 Å². The Kier molecular flexibility index (Phi) is 7.89. The molecule has 0 N–H and O–H groups in total. The van der Waals surface area contributed by atoms with Crippen LogP contribution >= 0.6 is 0 Å². The van der Waals surface area contributed by atoms with Gasteiger partial charge in [0.2, 0.25) is 13.4 Å². The Balaban J connectivity index is 1.36. The van der Waals surface area contributed by atoms with E-state index in [-0.39, 0.29) is 24.3 Å². The maximum atomic E-state index is 2.59. The summed E-state index contributed by atoms with van der Waals surface area (Å²) >= 11 is 0. The highest BCUT2D eigenvalue weighted by Crippen LogP contribution is 2.40. The number of rotatable bonds is 4. The third kappa shape index (κ3) is 5.75. The van der Waals surface area contributed by atoms with Gasteiger partial charge < -0.3 is 4.90 Å². The van der Waals surface area contributed by atoms with Crippen molar-refractivity contribution >= 4 is 63.3 Å². The SMILES string of the molecule is CC(C)(C)c1ccc(B2c3ccccc3N3c4cc(-c5ccccc5)ccc4B(c4ccc(C(C)(C)C)cc4)c4cc(-c5ccccc5)cc2c43)cc1. The van der Waals surface area contributed by atoms with Crippen molar-refractivity contribution in [3.8, 4) is 22.3 Å². The van der Waals surface area contributed by atoms with Crippen molar-refractivity contribution in [2.45, 2.75) is 52.4 Å². The van der Waals surface area contributed by atoms with E-state index in [9.17, 15) is 0 Å². The molecule has 2 aliphatic heterocycles. The Hall–Kier alpha value is -5.53. The average Bonchev–Trinajstić information content (AvgIpc) is 3.17. The minimum absolute atomic E-state index is 0.0617. The zero-order valence-corrected chi connectivity index (χ0v) is 31.7. The Labute approximate surface area is 316 Å². The molecule has 0 spiro atoms. The molecule has 2 heterocycles. The van der Waals surface area contributed by atoms with E-state index in [2.05, 4.69) is 210 Å². The van der Waals surface area contributed by atoms with Gasteiger partial charge in [0.25, 0.3) is 0 Å². The molecule has 9 rings (SSSR count). The maximum Gasteiger partial charge on any atom is 0.246 e. The summed E-state index contributed by atoms with van der Waals surface area (Å²) in [6.45, 7) is 13.9. The highest BCUT2D eigenvalue weighted by atomic mass is 15.2. The van der Waals surface area contributed by atoms with Gasteiger partial charge in [-0.05, 0) is 78.2 Å². The number of fused-ring (bicyclic) bond motifs is 4. The lowest BCUT2D eigenvalue weighted by Crippen LogP contribution is -2.65. The van der Waals surface area contributed by atoms with Crippen LogP contribution in [0.2, 0.25) is 0 Å². The minimum Gasteiger partial charge on any atom is -0.313 e. The number of para-hydroxylation sites is 1. The van der Waals surface area contributed by atoms with Crippen LogP contribution in [-0.4, -0.2) is 13.4 Å². The largest absolute Gasteiger partial charge is 0.313 e. The number of hydrogen-bond donors (Lipinski definition) is 0. The lowest BCUT2D eigenvalue weighted by Gasteiger charge is -2.44. The highest BCUT2D eigenvalue weighted by molar-refractivity contribution is 7.02. The third-order valence-corrected chi connectivity index (χ3v) is 11.5. The van der Waals surface area contributed by atoms with Gasteiger partial charge in [-0.3, -0.25) is 0 Å². The summed E-state index contributed by atoms with van der Waals surface area (Å²) in [5, 5.41) is 0. The number of hydrogen-bond acceptors (Lipinski definition) is 1. The highest BCUT2D eigenvalue weighted by Gasteiger charge is 2.44. The van der Waals surface area contributed by atoms with Gasteiger partial charge in [0.15, 0.2) is 0 Å². The molecule has 0 saturated heterocycles. The normalized spacial score (nSPS) is 13.4. The monoisotopic (exact) mass is 681 g/mol. The third-order valence-electron chi connectivity index (χ3n) is 11.5. The molecule has 0 fully saturated rings. The van der Waals surface area contributed by atoms with Crippen LogP contribution in [0.15, 0.2) is 164 Å². The van der Waals surface area contributed by atoms with E-state index < -0.39 is 0 Å². The van der Waals surface area contributed by atoms with Crippen molar-refractivity contribution in [3.63, 3.8) is 0 Å². The van der Waals surface area contributed by atoms with Crippen LogP contribution in [0.1, 0.15) is 52.7 Å². The Morgan fingerprint density at radius 1 is 0.358 bits per heavy atom. The van der Waals surface area contributed by atoms with Crippen molar-refractivity contribution in [2.24, 2.45) is 0 Å². The van der Waals surface area contributed by atoms with Crippen molar-refractivity contribution in [1.29, 1.82) is 0 Å². The number of nitrogens with zero attached hydrogens (tertiary/aromatic N) is 1. The fourth-order valence-corrected chi connectivity index (χ4v) is 8.68. The summed E-state index contributed by atoms with van der Waals surface area (Å²) in [5.74, 6) is 0. The van der Waals surface area contributed by atoms with E-state index >= 15 is 0 Å². The van der Waals surface area contributed by atoms with Gasteiger partial charge >= 0.3 is 0 Å². The van der Waals surface area contributed by atoms with E-state index in [1.165, 1.54) is 83.2 Å². The second-order valence-electron chi connectivity index (χ2n) is 17.0. The quantitative estimate of drug-likeness (QED) is 0.168. The first kappa shape index (κ1) is 33.3. The van der Waals surface area contributed by atoms with Crippen LogP contribution in [0.5, 0.6) is 0 Å². The molecular formula is C50H45B2N. The first-order chi connectivity index (χ1) is 25.6. The molecular weight excluding hydrogens is 636 g/mol. The van der Waals surface area contributed by atoms with Gasteiger partial charge in [-0.15, -0.1) is 0 Å². The van der Waals surface area contributed by atoms with Crippen LogP contribution < -0.4 is 37.7 Å². The van der Waals surface area contributed by atoms with Crippen molar-refractivity contribution in [1.82, 2.24) is 0 Å². The van der Waals surface area contributed by atoms with Gasteiger partial charge in [-0.2, -0.15) is 0 Å². The van der Waals surface area contributed by atoms with Crippen LogP contribution in [-0.2, 0) is 10.8 Å². The Morgan fingerprint density at radius 2 is 0.811 bits per heavy atom. The molecule has 256 valence electrons. The van der Waals surface area contributed by atoms with Gasteiger partial charge in [0, 0.05) is 17.1 Å². The van der Waals surface area contributed by atoms with E-state index in [4.69, 9.17) is 0 Å². The fraction of sp³-hybridized carbons (Fsp3) is 0.160. The van der Waals surface area contributed by atoms with Crippen LogP contribution in [0, 0.1) is 0 Å². The smallest absolute Gasteiger partial charge is 0.246 e. The van der Waals surface area contributed by atoms with E-state index in [1.54, 1.807) is 0 Å². The number of benzene rings is 7. The molecule has 7 aromatic rings. The summed E-state index contributed by atoms with van der Waals surface area (Å²) in [7, 11) is 0. The predicted octanol–water partition coefficient (Wildman–Crippen LogP) is 8.74. The lowest BCUT2D eigenvalue weighted by atomic mass is 9.30. The lowest BCUT2D eigenvalue weighted by molar-refractivity contribution is 0.590. The zero-order valence-electron chi connectivity index (χ0n) is 31.7. The molecule has 0 unspecified atom stereocenters. The Morgan fingerprint density at radius 3 is 1.32 bits per heavy atom. The first-order valence-electron chi connectivity index (χ1n) is 19.1. The second kappa shape index (κ2) is 12.6. The maximum absolute atomic E-state index is 2.59. The molecule has 0 saturated carbocycles. The van der Waals surface area contributed by atoms with Crippen LogP contribution in [0.4, 0.5) is 17.1 Å². The number of anilines is 3. The predicted molar refractivity (Wildman–Crippen MR) is 232 cm³/mol. The second-order valence-corrected chi connectivity index (χ2v) is 17.0. The topological polar surface area (TPSA) is 3.24 Å². The molecule has 3 heteroatoms. The van der Waals surface area contributed by atoms with Crippen LogP contribution in [0.3, 0.4) is 0 Å². The van der Waals surface area contributed by atoms with Crippen LogP contribution in [0.25, 0.3) is 22.3 Å². The molecule has 0 aromatic heterocycles. The molecule has 1 nitrogen and oxygen atoms in total. The van der Waals surface area contributed by atoms with E-state index in [0.29, 0.717) is 0 Å². The molecule has 0 aliphatic carbocycles. The zero-order chi connectivity index (χ0) is 36.5. The van der Waals surface area contributed by atoms with Gasteiger partial charge in [0.05, 0.1) is 0 Å². The first-order valence-corrected chi connectivity index (χ1v) is 19.1. The summed E-state index contributed by atoms with van der Waals surface area (Å²) in [5.41, 5.74) is 19.7. The van der Waals surface area contributed by atoms with Gasteiger partial charge in [0.1, 0.15) is 0 Å². The molecule has 2 aliphatic rings. The Bertz CT molecular complexity index is 2440. The molecule has 0 radical (unpaired) electrons. The van der Waals surface area contributed by atoms with Crippen molar-refractivity contribution < 1.29 is 0 Å². The minimum atomic E-state index is 0.0617. The van der Waals surface area contributed by atoms with E-state index in [1.807, 2.05) is 0 Å². The molecule has 7 aromatic carbocycles. The molecule has 0 amide bonds. The van der Waals surface area contributed by atoms with Crippen molar-refractivity contribution in [3.05, 3.63) is 175 Å². The average molecular weight is 682 g/mol. The standard InChI is InChI=1S/C50H45B2N/c1-49(2,3)38-22-26-40(27-23-38)51-42-19-13-14-20-46(42)53-47-33-36(34-15-9-7-10-16-34)21-30-43(47)52(41-28-24-39(25-29-41)50(4,5)6)45-32-37(31-44(51)48(45)53)35-17-11-8-12-18-35/h7-33H,1-6H3. The fourth-order valence-electron chi connectivity index (χ4n) is 8.68.